The van der Waals surface area contributed by atoms with Crippen LogP contribution in [0.2, 0.25) is 0 Å². The van der Waals surface area contributed by atoms with E-state index in [1.54, 1.807) is 13.1 Å². The van der Waals surface area contributed by atoms with Crippen LogP contribution in [0.15, 0.2) is 35.5 Å². The highest BCUT2D eigenvalue weighted by Gasteiger charge is 2.59. The first kappa shape index (κ1) is 25.8. The van der Waals surface area contributed by atoms with Crippen molar-refractivity contribution in [2.45, 2.75) is 28.4 Å². The van der Waals surface area contributed by atoms with Crippen molar-refractivity contribution in [2.75, 3.05) is 10.2 Å². The van der Waals surface area contributed by atoms with Crippen LogP contribution in [-0.4, -0.2) is 105 Å². The topological polar surface area (TPSA) is 78.4 Å². The number of halogens is 2. The average molecular weight is 491 g/mol. The number of hydrogen-bond acceptors (Lipinski definition) is 6. The number of pyridine rings is 1. The quantitative estimate of drug-likeness (QED) is 0.352. The van der Waals surface area contributed by atoms with Gasteiger partial charge in [0.25, 0.3) is 0 Å². The van der Waals surface area contributed by atoms with Gasteiger partial charge in [-0.05, 0) is 35.8 Å². The smallest absolute Gasteiger partial charge is 0.144 e. The first-order valence-electron chi connectivity index (χ1n) is 12.4. The van der Waals surface area contributed by atoms with Crippen molar-refractivity contribution >= 4 is 85.8 Å². The summed E-state index contributed by atoms with van der Waals surface area (Å²) >= 11 is 0. The summed E-state index contributed by atoms with van der Waals surface area (Å²) in [5.74, 6) is -0.603. The largest absolute Gasteiger partial charge is 0.402 e. The number of ether oxygens (including phenoxy) is 1. The molecule has 2 aliphatic rings. The molecule has 0 spiro atoms. The summed E-state index contributed by atoms with van der Waals surface area (Å²) in [4.78, 5) is 11.8. The maximum absolute atomic E-state index is 14.8. The molecule has 2 aliphatic heterocycles. The lowest BCUT2D eigenvalue weighted by Gasteiger charge is -2.69. The summed E-state index contributed by atoms with van der Waals surface area (Å²) in [6, 6.07) is 5.74. The van der Waals surface area contributed by atoms with E-state index in [1.165, 1.54) is 18.2 Å². The van der Waals surface area contributed by atoms with Gasteiger partial charge in [-0.25, -0.2) is 18.8 Å². The van der Waals surface area contributed by atoms with Gasteiger partial charge in [0.1, 0.15) is 91.7 Å². The molecule has 0 amide bonds. The molecule has 7 nitrogen and oxygen atoms in total. The average Bonchev–Trinajstić information content (AvgIpc) is 3.03. The fourth-order valence-electron chi connectivity index (χ4n) is 5.43. The molecule has 1 aromatic carbocycles. The van der Waals surface area contributed by atoms with E-state index in [9.17, 15) is 8.78 Å². The number of aryl methyl sites for hydroxylation is 1. The van der Waals surface area contributed by atoms with Crippen molar-refractivity contribution in [3.8, 4) is 11.3 Å². The summed E-state index contributed by atoms with van der Waals surface area (Å²) in [6.45, 7) is 1.81. The highest BCUT2D eigenvalue weighted by Crippen LogP contribution is 2.45. The number of hydrogen-bond donors (Lipinski definition) is 2. The summed E-state index contributed by atoms with van der Waals surface area (Å²) in [6.07, 6.45) is 1.69. The Hall–Kier alpha value is -2.81. The Labute approximate surface area is 222 Å². The van der Waals surface area contributed by atoms with Crippen molar-refractivity contribution in [3.05, 3.63) is 53.4 Å². The van der Waals surface area contributed by atoms with Crippen LogP contribution in [0.5, 0.6) is 0 Å². The zero-order valence-electron chi connectivity index (χ0n) is 22.8. The minimum Gasteiger partial charge on any atom is -0.402 e. The van der Waals surface area contributed by atoms with Gasteiger partial charge < -0.3 is 15.0 Å². The number of benzene rings is 1. The number of rotatable bonds is 2. The monoisotopic (exact) mass is 492 g/mol. The lowest BCUT2D eigenvalue weighted by Crippen LogP contribution is -2.86. The van der Waals surface area contributed by atoms with Crippen LogP contribution in [0, 0.1) is 18.6 Å². The number of anilines is 2. The number of nitrogens with zero attached hydrogens (tertiary/aromatic N) is 4. The highest BCUT2D eigenvalue weighted by atomic mass is 19.1. The zero-order chi connectivity index (χ0) is 27.1. The molecule has 3 aromatic rings. The number of H-pyrrole nitrogens is 1. The third-order valence-corrected chi connectivity index (χ3v) is 8.55. The molecule has 1 saturated heterocycles. The number of aromatic nitrogens is 3. The Kier molecular flexibility index (Phi) is 5.65. The summed E-state index contributed by atoms with van der Waals surface area (Å²) in [7, 11) is 17.0. The van der Waals surface area contributed by atoms with Crippen LogP contribution in [0.3, 0.4) is 0 Å². The molecule has 2 aromatic heterocycles. The fourth-order valence-corrected chi connectivity index (χ4v) is 5.43. The fraction of sp³-hybridized carbons (Fsp3) is 0.250. The predicted molar refractivity (Wildman–Crippen MR) is 166 cm³/mol. The van der Waals surface area contributed by atoms with Crippen LogP contribution < -0.4 is 10.2 Å². The number of aliphatic imine (C=N–C) groups is 1. The van der Waals surface area contributed by atoms with E-state index in [1.807, 2.05) is 6.07 Å². The van der Waals surface area contributed by atoms with Crippen LogP contribution >= 0.6 is 0 Å². The van der Waals surface area contributed by atoms with Gasteiger partial charge in [0.2, 0.25) is 0 Å². The van der Waals surface area contributed by atoms with Crippen molar-refractivity contribution in [3.63, 3.8) is 0 Å². The zero-order valence-corrected chi connectivity index (χ0v) is 22.8. The summed E-state index contributed by atoms with van der Waals surface area (Å²) < 4.78 is 36.1. The third kappa shape index (κ3) is 3.72. The molecule has 17 heteroatoms. The van der Waals surface area contributed by atoms with Crippen LogP contribution in [0.4, 0.5) is 26.0 Å². The van der Waals surface area contributed by atoms with Gasteiger partial charge in [0.15, 0.2) is 0 Å². The Bertz CT molecular complexity index is 1410. The lowest BCUT2D eigenvalue weighted by atomic mass is 9.30. The van der Waals surface area contributed by atoms with E-state index in [0.29, 0.717) is 22.8 Å². The maximum Gasteiger partial charge on any atom is 0.144 e. The number of amidine groups is 1. The Morgan fingerprint density at radius 2 is 1.54 bits per heavy atom. The van der Waals surface area contributed by atoms with Crippen molar-refractivity contribution in [1.82, 2.24) is 15.2 Å². The van der Waals surface area contributed by atoms with Crippen molar-refractivity contribution < 1.29 is 13.5 Å². The van der Waals surface area contributed by atoms with Crippen molar-refractivity contribution in [1.29, 1.82) is 0 Å². The minimum absolute atomic E-state index is 0.0592. The molecule has 0 atom stereocenters. The minimum atomic E-state index is -0.705. The molecular weight excluding hydrogens is 465 g/mol. The van der Waals surface area contributed by atoms with Crippen LogP contribution in [-0.2, 0) is 4.74 Å². The number of aromatic amines is 1. The van der Waals surface area contributed by atoms with E-state index in [-0.39, 0.29) is 11.4 Å². The van der Waals surface area contributed by atoms with E-state index >= 15 is 0 Å². The SMILES string of the molecule is BC1(B)OC(B)(B)C(B)(B)N(c2cc3c(cn2)NC(c2c(F)cccc2F)=Nc2c(C)n[nH]c2-3)C1(B)B. The van der Waals surface area contributed by atoms with Crippen molar-refractivity contribution in [2.24, 2.45) is 4.99 Å². The van der Waals surface area contributed by atoms with Gasteiger partial charge in [-0.3, -0.25) is 5.10 Å². The van der Waals surface area contributed by atoms with Gasteiger partial charge in [-0.15, -0.1) is 0 Å². The van der Waals surface area contributed by atoms with E-state index in [4.69, 9.17) is 9.72 Å². The Morgan fingerprint density at radius 3 is 2.14 bits per heavy atom. The molecule has 1 fully saturated rings. The van der Waals surface area contributed by atoms with Crippen LogP contribution in [0.1, 0.15) is 11.3 Å². The predicted octanol–water partition coefficient (Wildman–Crippen LogP) is -4.92. The van der Waals surface area contributed by atoms with Gasteiger partial charge >= 0.3 is 0 Å². The molecule has 0 unspecified atom stereocenters. The molecule has 5 rings (SSSR count). The normalized spacial score (nSPS) is 20.6. The first-order valence-corrected chi connectivity index (χ1v) is 12.4. The molecule has 0 saturated carbocycles. The standard InChI is InChI=1S/C20H26B8F2N6O/c1-7-14-15(35-34-7)8-5-12(36-17(21,22)19(25,26)37-20(27,28)18(36,23)24)31-6-11(8)32-16(33-14)13-9(29)3-2-4-10(13)30/h2-6H,21-28H2,1H3,(H,32,33)(H,34,35). The summed E-state index contributed by atoms with van der Waals surface area (Å²) in [5, 5.41) is 8.71. The molecule has 37 heavy (non-hydrogen) atoms. The van der Waals surface area contributed by atoms with Gasteiger partial charge in [0.05, 0.1) is 28.8 Å². The molecule has 0 bridgehead atoms. The first-order chi connectivity index (χ1) is 17.1. The van der Waals surface area contributed by atoms with Gasteiger partial charge in [-0.1, -0.05) is 6.07 Å². The molecule has 2 N–H and O–H groups in total. The second kappa shape index (κ2) is 8.09. The highest BCUT2D eigenvalue weighted by molar-refractivity contribution is 6.61. The van der Waals surface area contributed by atoms with E-state index in [0.717, 1.165) is 11.4 Å². The second-order valence-corrected chi connectivity index (χ2v) is 11.9. The molecule has 0 radical (unpaired) electrons. The van der Waals surface area contributed by atoms with E-state index < -0.39 is 33.1 Å². The molecule has 4 heterocycles. The molecular formula is C20H26B8F2N6O. The van der Waals surface area contributed by atoms with Gasteiger partial charge in [-0.2, -0.15) is 5.10 Å². The molecule has 180 valence electrons. The number of fused-ring (bicyclic) bond motifs is 3. The Morgan fingerprint density at radius 1 is 0.946 bits per heavy atom. The number of nitrogens with one attached hydrogen (secondary N) is 2. The summed E-state index contributed by atoms with van der Waals surface area (Å²) in [5.41, 5.74) is 2.87. The van der Waals surface area contributed by atoms with Crippen LogP contribution in [0.25, 0.3) is 11.3 Å². The second-order valence-electron chi connectivity index (χ2n) is 11.9. The van der Waals surface area contributed by atoms with Gasteiger partial charge in [0, 0.05) is 16.4 Å². The third-order valence-electron chi connectivity index (χ3n) is 8.55. The number of morpholine rings is 1. The lowest BCUT2D eigenvalue weighted by molar-refractivity contribution is -0.0256. The van der Waals surface area contributed by atoms with E-state index in [2.05, 4.69) is 88.2 Å². The maximum atomic E-state index is 14.8. The Balaban J connectivity index is 1.71. The molecule has 0 aliphatic carbocycles.